The Kier molecular flexibility index (Phi) is 11.5. The highest BCUT2D eigenvalue weighted by Crippen LogP contribution is 2.11. The Labute approximate surface area is 172 Å². The third-order valence-electron chi connectivity index (χ3n) is 3.46. The fraction of sp³-hybridized carbons (Fsp3) is 0.421. The van der Waals surface area contributed by atoms with Gasteiger partial charge in [-0.05, 0) is 43.2 Å². The van der Waals surface area contributed by atoms with Gasteiger partial charge in [-0.25, -0.2) is 0 Å². The second-order valence-electron chi connectivity index (χ2n) is 5.58. The molecular formula is C19H28IN3O3. The van der Waals surface area contributed by atoms with Crippen LogP contribution in [0.4, 0.5) is 0 Å². The van der Waals surface area contributed by atoms with Crippen LogP contribution in [0.3, 0.4) is 0 Å². The number of rotatable bonds is 10. The van der Waals surface area contributed by atoms with Crippen LogP contribution in [0.1, 0.15) is 17.7 Å². The monoisotopic (exact) mass is 473 g/mol. The number of nitrogens with one attached hydrogen (secondary N) is 2. The average molecular weight is 473 g/mol. The number of hydrogen-bond acceptors (Lipinski definition) is 4. The lowest BCUT2D eigenvalue weighted by atomic mass is 10.2. The Morgan fingerprint density at radius 2 is 1.96 bits per heavy atom. The topological polar surface area (TPSA) is 68.0 Å². The van der Waals surface area contributed by atoms with Gasteiger partial charge in [-0.2, -0.15) is 0 Å². The first-order valence-corrected chi connectivity index (χ1v) is 8.52. The number of guanidine groups is 1. The molecule has 26 heavy (non-hydrogen) atoms. The molecule has 2 aromatic rings. The molecular weight excluding hydrogens is 445 g/mol. The molecule has 0 saturated carbocycles. The van der Waals surface area contributed by atoms with Crippen LogP contribution in [-0.4, -0.2) is 39.3 Å². The molecule has 0 fully saturated rings. The molecule has 0 radical (unpaired) electrons. The van der Waals surface area contributed by atoms with E-state index < -0.39 is 0 Å². The molecule has 6 nitrogen and oxygen atoms in total. The number of hydrogen-bond donors (Lipinski definition) is 2. The normalized spacial score (nSPS) is 10.9. The first kappa shape index (κ1) is 22.3. The van der Waals surface area contributed by atoms with E-state index in [0.29, 0.717) is 26.4 Å². The van der Waals surface area contributed by atoms with Crippen molar-refractivity contribution in [2.75, 3.05) is 33.4 Å². The van der Waals surface area contributed by atoms with Crippen LogP contribution >= 0.6 is 24.0 Å². The predicted octanol–water partition coefficient (Wildman–Crippen LogP) is 3.36. The molecule has 2 rings (SSSR count). The van der Waals surface area contributed by atoms with Crippen molar-refractivity contribution in [2.45, 2.75) is 20.0 Å². The van der Waals surface area contributed by atoms with Crippen LogP contribution in [0, 0.1) is 6.92 Å². The third-order valence-corrected chi connectivity index (χ3v) is 3.46. The predicted molar refractivity (Wildman–Crippen MR) is 114 cm³/mol. The van der Waals surface area contributed by atoms with Crippen LogP contribution in [0.25, 0.3) is 0 Å². The number of benzene rings is 1. The zero-order valence-electron chi connectivity index (χ0n) is 15.4. The standard InChI is InChI=1S/C19H27N3O3.HI/c1-16-6-3-7-17(14-16)25-13-10-22-19(20-2)21-9-5-11-23-15-18-8-4-12-24-18;/h3-4,6-8,12,14H,5,9-11,13,15H2,1-2H3,(H2,20,21,22);1H. The highest BCUT2D eigenvalue weighted by Gasteiger charge is 1.99. The molecule has 0 amide bonds. The zero-order valence-corrected chi connectivity index (χ0v) is 17.7. The van der Waals surface area contributed by atoms with Gasteiger partial charge in [0.05, 0.1) is 12.8 Å². The molecule has 0 aliphatic heterocycles. The number of ether oxygens (including phenoxy) is 2. The van der Waals surface area contributed by atoms with Gasteiger partial charge in [0.25, 0.3) is 0 Å². The van der Waals surface area contributed by atoms with E-state index in [4.69, 9.17) is 13.9 Å². The molecule has 0 atom stereocenters. The lowest BCUT2D eigenvalue weighted by molar-refractivity contribution is 0.105. The lowest BCUT2D eigenvalue weighted by Crippen LogP contribution is -2.39. The quantitative estimate of drug-likeness (QED) is 0.240. The van der Waals surface area contributed by atoms with Gasteiger partial charge in [0, 0.05) is 20.2 Å². The summed E-state index contributed by atoms with van der Waals surface area (Å²) in [5, 5.41) is 6.48. The van der Waals surface area contributed by atoms with E-state index in [2.05, 4.69) is 28.6 Å². The molecule has 0 aliphatic rings. The van der Waals surface area contributed by atoms with Crippen molar-refractivity contribution < 1.29 is 13.9 Å². The van der Waals surface area contributed by atoms with E-state index in [9.17, 15) is 0 Å². The summed E-state index contributed by atoms with van der Waals surface area (Å²) in [4.78, 5) is 4.19. The number of nitrogens with zero attached hydrogens (tertiary/aromatic N) is 1. The largest absolute Gasteiger partial charge is 0.492 e. The molecule has 0 spiro atoms. The summed E-state index contributed by atoms with van der Waals surface area (Å²) in [7, 11) is 1.75. The average Bonchev–Trinajstić information content (AvgIpc) is 3.13. The highest BCUT2D eigenvalue weighted by molar-refractivity contribution is 14.0. The van der Waals surface area contributed by atoms with Crippen molar-refractivity contribution in [1.29, 1.82) is 0 Å². The second kappa shape index (κ2) is 13.5. The molecule has 0 saturated heterocycles. The lowest BCUT2D eigenvalue weighted by Gasteiger charge is -2.12. The Morgan fingerprint density at radius 1 is 1.12 bits per heavy atom. The number of aliphatic imine (C=N–C) groups is 1. The van der Waals surface area contributed by atoms with Gasteiger partial charge in [-0.1, -0.05) is 12.1 Å². The fourth-order valence-electron chi connectivity index (χ4n) is 2.21. The van der Waals surface area contributed by atoms with E-state index >= 15 is 0 Å². The van der Waals surface area contributed by atoms with E-state index in [-0.39, 0.29) is 24.0 Å². The SMILES string of the molecule is CN=C(NCCCOCc1ccco1)NCCOc1cccc(C)c1.I. The first-order chi connectivity index (χ1) is 12.3. The Bertz CT molecular complexity index is 633. The Balaban J connectivity index is 0.00000338. The van der Waals surface area contributed by atoms with Gasteiger partial charge < -0.3 is 24.5 Å². The van der Waals surface area contributed by atoms with Crippen molar-refractivity contribution >= 4 is 29.9 Å². The third kappa shape index (κ3) is 9.10. The zero-order chi connectivity index (χ0) is 17.7. The molecule has 1 aromatic carbocycles. The maximum atomic E-state index is 5.70. The van der Waals surface area contributed by atoms with Crippen LogP contribution in [-0.2, 0) is 11.3 Å². The number of aryl methyl sites for hydroxylation is 1. The molecule has 0 unspecified atom stereocenters. The molecule has 7 heteroatoms. The molecule has 1 heterocycles. The summed E-state index contributed by atoms with van der Waals surface area (Å²) in [5.41, 5.74) is 1.19. The van der Waals surface area contributed by atoms with Crippen LogP contribution < -0.4 is 15.4 Å². The van der Waals surface area contributed by atoms with Crippen molar-refractivity contribution in [2.24, 2.45) is 4.99 Å². The number of furan rings is 1. The molecule has 0 aliphatic carbocycles. The van der Waals surface area contributed by atoms with Crippen molar-refractivity contribution in [3.05, 3.63) is 54.0 Å². The second-order valence-corrected chi connectivity index (χ2v) is 5.58. The Hall–Kier alpha value is -1.74. The molecule has 1 aromatic heterocycles. The molecule has 144 valence electrons. The van der Waals surface area contributed by atoms with Gasteiger partial charge in [-0.3, -0.25) is 4.99 Å². The van der Waals surface area contributed by atoms with Gasteiger partial charge in [0.1, 0.15) is 24.7 Å². The molecule has 0 bridgehead atoms. The van der Waals surface area contributed by atoms with Gasteiger partial charge in [-0.15, -0.1) is 24.0 Å². The minimum absolute atomic E-state index is 0. The maximum Gasteiger partial charge on any atom is 0.191 e. The van der Waals surface area contributed by atoms with Crippen molar-refractivity contribution in [3.8, 4) is 5.75 Å². The summed E-state index contributed by atoms with van der Waals surface area (Å²) >= 11 is 0. The van der Waals surface area contributed by atoms with E-state index in [1.807, 2.05) is 30.3 Å². The summed E-state index contributed by atoms with van der Waals surface area (Å²) in [5.74, 6) is 2.50. The van der Waals surface area contributed by atoms with Gasteiger partial charge in [0.15, 0.2) is 5.96 Å². The minimum atomic E-state index is 0. The maximum absolute atomic E-state index is 5.70. The van der Waals surface area contributed by atoms with E-state index in [1.54, 1.807) is 13.3 Å². The smallest absolute Gasteiger partial charge is 0.191 e. The van der Waals surface area contributed by atoms with Crippen LogP contribution in [0.2, 0.25) is 0 Å². The van der Waals surface area contributed by atoms with Gasteiger partial charge in [0.2, 0.25) is 0 Å². The van der Waals surface area contributed by atoms with Crippen molar-refractivity contribution in [3.63, 3.8) is 0 Å². The summed E-state index contributed by atoms with van der Waals surface area (Å²) in [6.07, 6.45) is 2.54. The number of halogens is 1. The first-order valence-electron chi connectivity index (χ1n) is 8.52. The van der Waals surface area contributed by atoms with Crippen molar-refractivity contribution in [1.82, 2.24) is 10.6 Å². The fourth-order valence-corrected chi connectivity index (χ4v) is 2.21. The summed E-state index contributed by atoms with van der Waals surface area (Å²) in [6.45, 7) is 5.28. The minimum Gasteiger partial charge on any atom is -0.492 e. The summed E-state index contributed by atoms with van der Waals surface area (Å²) < 4.78 is 16.4. The summed E-state index contributed by atoms with van der Waals surface area (Å²) in [6, 6.07) is 11.8. The van der Waals surface area contributed by atoms with E-state index in [1.165, 1.54) is 5.56 Å². The van der Waals surface area contributed by atoms with Gasteiger partial charge >= 0.3 is 0 Å². The molecule has 2 N–H and O–H groups in total. The Morgan fingerprint density at radius 3 is 2.69 bits per heavy atom. The highest BCUT2D eigenvalue weighted by atomic mass is 127. The van der Waals surface area contributed by atoms with Crippen LogP contribution in [0.15, 0.2) is 52.1 Å². The van der Waals surface area contributed by atoms with E-state index in [0.717, 1.165) is 30.4 Å². The van der Waals surface area contributed by atoms with Crippen LogP contribution in [0.5, 0.6) is 5.75 Å².